The molecule has 0 amide bonds. The number of carbonyl (C=O) groups is 9. The molecule has 0 rings (SSSR count). The first-order valence-corrected chi connectivity index (χ1v) is 10.0. The molecule has 1 radical (unpaired) electrons. The third-order valence-corrected chi connectivity index (χ3v) is 3.34. The number of carboxylic acid groups (broad SMARTS) is 3. The van der Waals surface area contributed by atoms with Crippen LogP contribution < -0.4 is 15.3 Å². The molecular weight excluding hydrogens is 500 g/mol. The van der Waals surface area contributed by atoms with Gasteiger partial charge < -0.3 is 29.7 Å². The summed E-state index contributed by atoms with van der Waals surface area (Å²) in [5.74, 6) is -9.79. The first kappa shape index (κ1) is 38.2. The molecule has 0 bridgehead atoms. The molecule has 0 heterocycles. The molecule has 13 heteroatoms. The van der Waals surface area contributed by atoms with Crippen LogP contribution in [0.1, 0.15) is 78.6 Å². The van der Waals surface area contributed by atoms with Crippen molar-refractivity contribution in [1.82, 2.24) is 0 Å². The fourth-order valence-electron chi connectivity index (χ4n) is 1.86. The molecule has 0 N–H and O–H groups in total. The smallest absolute Gasteiger partial charge is 0.542 e. The number of hydrogen-bond donors (Lipinski definition) is 0. The first-order chi connectivity index (χ1) is 15.2. The van der Waals surface area contributed by atoms with E-state index in [1.165, 1.54) is 0 Å². The predicted octanol–water partition coefficient (Wildman–Crippen LogP) is -2.81. The van der Waals surface area contributed by atoms with Gasteiger partial charge in [-0.3, -0.25) is 28.8 Å². The van der Waals surface area contributed by atoms with E-state index >= 15 is 0 Å². The normalized spacial score (nSPS) is 8.91. The van der Waals surface area contributed by atoms with E-state index in [0.717, 1.165) is 0 Å². The van der Waals surface area contributed by atoms with Gasteiger partial charge in [-0.25, -0.2) is 0 Å². The Kier molecular flexibility index (Phi) is 26.0. The van der Waals surface area contributed by atoms with E-state index in [9.17, 15) is 58.5 Å². The van der Waals surface area contributed by atoms with Crippen molar-refractivity contribution in [2.24, 2.45) is 0 Å². The average Bonchev–Trinajstić information content (AvgIpc) is 2.69. The quantitative estimate of drug-likeness (QED) is 0.120. The zero-order chi connectivity index (χ0) is 26.6. The Morgan fingerprint density at radius 3 is 0.735 bits per heavy atom. The zero-order valence-electron chi connectivity index (χ0n) is 19.1. The summed E-state index contributed by atoms with van der Waals surface area (Å²) in [5.41, 5.74) is 0. The molecule has 34 heavy (non-hydrogen) atoms. The summed E-state index contributed by atoms with van der Waals surface area (Å²) in [6.45, 7) is 5.34. The summed E-state index contributed by atoms with van der Waals surface area (Å²) < 4.78 is 0. The number of rotatable bonds is 15. The van der Waals surface area contributed by atoms with Gasteiger partial charge in [0.2, 0.25) is 0 Å². The minimum absolute atomic E-state index is 0. The minimum Gasteiger partial charge on any atom is -0.542 e. The Morgan fingerprint density at radius 2 is 0.618 bits per heavy atom. The van der Waals surface area contributed by atoms with Crippen LogP contribution in [0.5, 0.6) is 0 Å². The van der Waals surface area contributed by atoms with Crippen molar-refractivity contribution in [3.05, 3.63) is 0 Å². The van der Waals surface area contributed by atoms with Crippen molar-refractivity contribution in [1.29, 1.82) is 0 Å². The van der Waals surface area contributed by atoms with Crippen LogP contribution in [0.15, 0.2) is 0 Å². The van der Waals surface area contributed by atoms with Crippen LogP contribution in [0.3, 0.4) is 0 Å². The maximum absolute atomic E-state index is 10.6. The molecule has 0 spiro atoms. The van der Waals surface area contributed by atoms with Gasteiger partial charge in [0, 0.05) is 19.3 Å². The Labute approximate surface area is 206 Å². The molecule has 12 nitrogen and oxygen atoms in total. The summed E-state index contributed by atoms with van der Waals surface area (Å²) >= 11 is 0. The van der Waals surface area contributed by atoms with Gasteiger partial charge >= 0.3 is 17.1 Å². The number of carbonyl (C=O) groups excluding carboxylic acids is 9. The topological polar surface area (TPSA) is 223 Å². The van der Waals surface area contributed by atoms with E-state index in [1.807, 2.05) is 0 Å². The number of hydrogen-bond acceptors (Lipinski definition) is 12. The average molecular weight is 527 g/mol. The van der Waals surface area contributed by atoms with Crippen LogP contribution in [-0.4, -0.2) is 52.6 Å². The van der Waals surface area contributed by atoms with Gasteiger partial charge in [-0.05, 0) is 19.3 Å². The van der Waals surface area contributed by atoms with E-state index < -0.39 is 54.5 Å². The molecule has 0 aromatic carbocycles. The van der Waals surface area contributed by atoms with Crippen molar-refractivity contribution < 1.29 is 75.5 Å². The summed E-state index contributed by atoms with van der Waals surface area (Å²) in [5, 5.41) is 29.5. The Hall–Kier alpha value is -3.05. The molecule has 0 aromatic heterocycles. The minimum atomic E-state index is -1.78. The summed E-state index contributed by atoms with van der Waals surface area (Å²) in [6, 6.07) is 0. The monoisotopic (exact) mass is 527 g/mol. The Bertz CT molecular complexity index is 655. The van der Waals surface area contributed by atoms with E-state index in [2.05, 4.69) is 0 Å². The van der Waals surface area contributed by atoms with E-state index in [-0.39, 0.29) is 53.7 Å². The van der Waals surface area contributed by atoms with Crippen LogP contribution >= 0.6 is 0 Å². The predicted molar refractivity (Wildman–Crippen MR) is 104 cm³/mol. The van der Waals surface area contributed by atoms with Crippen LogP contribution in [0.2, 0.25) is 0 Å². The zero-order valence-corrected chi connectivity index (χ0v) is 20.2. The van der Waals surface area contributed by atoms with Gasteiger partial charge in [-0.2, -0.15) is 0 Å². The molecule has 0 unspecified atom stereocenters. The van der Waals surface area contributed by atoms with E-state index in [4.69, 9.17) is 0 Å². The van der Waals surface area contributed by atoms with Gasteiger partial charge in [0.25, 0.3) is 0 Å². The SMILES string of the molecule is CCCC(=O)CC(=O)C(=O)[O-].CCCC(=O)CC(=O)C(=O)[O-].CCCC(=O)CC(=O)C(=O)[O-].[Fe+3]. The fraction of sp³-hybridized carbons (Fsp3) is 0.571. The second kappa shape index (κ2) is 23.1. The van der Waals surface area contributed by atoms with Crippen LogP contribution in [0, 0.1) is 0 Å². The molecule has 0 aliphatic carbocycles. The Balaban J connectivity index is -0.000000196. The molecule has 0 saturated heterocycles. The standard InChI is InChI=1S/3C7H10O4.Fe/c3*1-2-3-5(8)4-6(9)7(10)11;/h3*2-4H2,1H3,(H,10,11);/q;;;+3/p-3. The molecule has 0 aliphatic rings. The van der Waals surface area contributed by atoms with Crippen molar-refractivity contribution in [3.8, 4) is 0 Å². The number of Topliss-reactive ketones (excluding diaryl/α,β-unsaturated/α-hetero) is 6. The second-order valence-corrected chi connectivity index (χ2v) is 6.53. The van der Waals surface area contributed by atoms with Crippen LogP contribution in [-0.2, 0) is 60.2 Å². The number of aliphatic carboxylic acids is 3. The molecule has 0 aromatic rings. The summed E-state index contributed by atoms with van der Waals surface area (Å²) in [7, 11) is 0. The van der Waals surface area contributed by atoms with Gasteiger partial charge in [0.15, 0.2) is 17.3 Å². The molecular formula is C21H27FeO12. The Morgan fingerprint density at radius 1 is 0.441 bits per heavy atom. The molecule has 0 fully saturated rings. The largest absolute Gasteiger partial charge is 3.00 e. The number of ketones is 6. The van der Waals surface area contributed by atoms with Gasteiger partial charge in [-0.15, -0.1) is 0 Å². The van der Waals surface area contributed by atoms with Crippen LogP contribution in [0.25, 0.3) is 0 Å². The van der Waals surface area contributed by atoms with Crippen molar-refractivity contribution in [2.45, 2.75) is 78.6 Å². The first-order valence-electron chi connectivity index (χ1n) is 10.0. The van der Waals surface area contributed by atoms with Gasteiger partial charge in [-0.1, -0.05) is 20.8 Å². The van der Waals surface area contributed by atoms with Gasteiger partial charge in [0.05, 0.1) is 19.3 Å². The fourth-order valence-corrected chi connectivity index (χ4v) is 1.86. The summed E-state index contributed by atoms with van der Waals surface area (Å²) in [6.07, 6.45) is 1.02. The van der Waals surface area contributed by atoms with Crippen molar-refractivity contribution >= 4 is 52.6 Å². The third-order valence-electron chi connectivity index (χ3n) is 3.34. The number of carboxylic acids is 3. The molecule has 0 saturated carbocycles. The van der Waals surface area contributed by atoms with Gasteiger partial charge in [0.1, 0.15) is 35.3 Å². The molecule has 0 aliphatic heterocycles. The van der Waals surface area contributed by atoms with Crippen molar-refractivity contribution in [2.75, 3.05) is 0 Å². The van der Waals surface area contributed by atoms with Crippen molar-refractivity contribution in [3.63, 3.8) is 0 Å². The maximum atomic E-state index is 10.6. The van der Waals surface area contributed by atoms with E-state index in [1.54, 1.807) is 20.8 Å². The maximum Gasteiger partial charge on any atom is 3.00 e. The van der Waals surface area contributed by atoms with E-state index in [0.29, 0.717) is 19.3 Å². The second-order valence-electron chi connectivity index (χ2n) is 6.53. The third kappa shape index (κ3) is 25.2. The molecule has 191 valence electrons. The summed E-state index contributed by atoms with van der Waals surface area (Å²) in [4.78, 5) is 92.5. The van der Waals surface area contributed by atoms with Crippen LogP contribution in [0.4, 0.5) is 0 Å². The molecule has 0 atom stereocenters.